The molecule has 2 aromatic carbocycles. The minimum atomic E-state index is -0.357. The number of ether oxygens (including phenoxy) is 1. The number of rotatable bonds is 7. The second-order valence-electron chi connectivity index (χ2n) is 11.7. The highest BCUT2D eigenvalue weighted by molar-refractivity contribution is 5.79. The number of hydrogen-bond donors (Lipinski definition) is 1. The molecule has 5 heterocycles. The van der Waals surface area contributed by atoms with Gasteiger partial charge in [-0.3, -0.25) is 14.8 Å². The average molecular weight is 531 g/mol. The van der Waals surface area contributed by atoms with Crippen molar-refractivity contribution in [2.24, 2.45) is 13.0 Å². The van der Waals surface area contributed by atoms with Gasteiger partial charge in [0.2, 0.25) is 5.91 Å². The van der Waals surface area contributed by atoms with Crippen LogP contribution in [0.2, 0.25) is 0 Å². The third-order valence-corrected chi connectivity index (χ3v) is 9.13. The number of aromatic nitrogens is 2. The average Bonchev–Trinajstić information content (AvgIpc) is 3.48. The second-order valence-corrected chi connectivity index (χ2v) is 11.7. The molecule has 3 unspecified atom stereocenters. The fourth-order valence-electron chi connectivity index (χ4n) is 6.62. The molecule has 39 heavy (non-hydrogen) atoms. The molecular formula is C30H35FN6O2. The smallest absolute Gasteiger partial charge is 0.237 e. The summed E-state index contributed by atoms with van der Waals surface area (Å²) in [6.07, 6.45) is 6.64. The van der Waals surface area contributed by atoms with Crippen molar-refractivity contribution in [3.63, 3.8) is 0 Å². The number of anilines is 1. The van der Waals surface area contributed by atoms with Crippen molar-refractivity contribution in [3.05, 3.63) is 71.8 Å². The van der Waals surface area contributed by atoms with Gasteiger partial charge in [0.05, 0.1) is 18.3 Å². The molecule has 1 aliphatic carbocycles. The Hall–Kier alpha value is -3.27. The minimum absolute atomic E-state index is 0.0935. The Morgan fingerprint density at radius 3 is 2.72 bits per heavy atom. The summed E-state index contributed by atoms with van der Waals surface area (Å²) in [5.41, 5.74) is 5.20. The van der Waals surface area contributed by atoms with Crippen LogP contribution in [0.3, 0.4) is 0 Å². The standard InChI is InChI=1S/C30H35FN6O2/c1-19(21-6-7-21)36(16-20-4-9-24(31)10-5-20)27(38)18-37-28-30(33-29(37)39-28)12-13-34(2)26-14-22(8-11-25(26)30)23-15-32-35(3)17-23/h4-5,8-11,14-15,17,19,21,28-29,33H,6-7,12-13,16,18H2,1-3H3/t19-,28?,29?,30?/m0/s1. The van der Waals surface area contributed by atoms with Crippen LogP contribution >= 0.6 is 0 Å². The zero-order chi connectivity index (χ0) is 26.9. The zero-order valence-electron chi connectivity index (χ0n) is 22.7. The highest BCUT2D eigenvalue weighted by Gasteiger charge is 2.64. The van der Waals surface area contributed by atoms with Gasteiger partial charge in [-0.2, -0.15) is 5.10 Å². The molecule has 1 spiro atoms. The van der Waals surface area contributed by atoms with Crippen molar-refractivity contribution < 1.29 is 13.9 Å². The summed E-state index contributed by atoms with van der Waals surface area (Å²) in [4.78, 5) is 20.2. The van der Waals surface area contributed by atoms with Gasteiger partial charge in [0.15, 0.2) is 6.35 Å². The van der Waals surface area contributed by atoms with E-state index in [1.54, 1.807) is 12.1 Å². The maximum atomic E-state index is 13.8. The van der Waals surface area contributed by atoms with Crippen LogP contribution < -0.4 is 10.2 Å². The van der Waals surface area contributed by atoms with E-state index in [1.165, 1.54) is 23.4 Å². The Bertz CT molecular complexity index is 1400. The summed E-state index contributed by atoms with van der Waals surface area (Å²) in [6.45, 7) is 3.82. The van der Waals surface area contributed by atoms with Crippen LogP contribution in [0.5, 0.6) is 0 Å². The van der Waals surface area contributed by atoms with Gasteiger partial charge in [0.25, 0.3) is 0 Å². The number of nitrogens with one attached hydrogen (secondary N) is 1. The van der Waals surface area contributed by atoms with E-state index in [9.17, 15) is 9.18 Å². The first-order valence-electron chi connectivity index (χ1n) is 13.9. The summed E-state index contributed by atoms with van der Waals surface area (Å²) in [5.74, 6) is 0.373. The molecule has 4 fully saturated rings. The summed E-state index contributed by atoms with van der Waals surface area (Å²) in [6, 6.07) is 13.2. The van der Waals surface area contributed by atoms with Crippen molar-refractivity contribution in [3.8, 4) is 11.1 Å². The lowest BCUT2D eigenvalue weighted by molar-refractivity contribution is -0.249. The Morgan fingerprint density at radius 2 is 2.00 bits per heavy atom. The molecule has 4 atom stereocenters. The van der Waals surface area contributed by atoms with Crippen LogP contribution in [0.4, 0.5) is 10.1 Å². The van der Waals surface area contributed by atoms with Gasteiger partial charge in [-0.05, 0) is 67.0 Å². The first-order valence-corrected chi connectivity index (χ1v) is 13.9. The van der Waals surface area contributed by atoms with Crippen LogP contribution in [-0.2, 0) is 28.7 Å². The molecule has 1 saturated carbocycles. The molecule has 8 rings (SSSR count). The molecule has 8 nitrogen and oxygen atoms in total. The first-order chi connectivity index (χ1) is 18.8. The highest BCUT2D eigenvalue weighted by atomic mass is 19.1. The third-order valence-electron chi connectivity index (χ3n) is 9.13. The lowest BCUT2D eigenvalue weighted by atomic mass is 9.80. The van der Waals surface area contributed by atoms with Crippen LogP contribution in [0, 0.1) is 11.7 Å². The van der Waals surface area contributed by atoms with Crippen LogP contribution in [0.25, 0.3) is 11.1 Å². The Morgan fingerprint density at radius 1 is 1.21 bits per heavy atom. The molecule has 3 saturated heterocycles. The monoisotopic (exact) mass is 530 g/mol. The summed E-state index contributed by atoms with van der Waals surface area (Å²) >= 11 is 0. The molecule has 3 aromatic rings. The number of carbonyl (C=O) groups is 1. The quantitative estimate of drug-likeness (QED) is 0.503. The van der Waals surface area contributed by atoms with E-state index >= 15 is 0 Å². The SMILES string of the molecule is C[C@@H](C1CC1)N(Cc1ccc(F)cc1)C(=O)CN1C2NC3(CCN(C)c4cc(-c5cnn(C)c5)ccc43)C1O2. The molecule has 5 aliphatic rings. The van der Waals surface area contributed by atoms with Gasteiger partial charge in [-0.1, -0.05) is 24.3 Å². The lowest BCUT2D eigenvalue weighted by Crippen LogP contribution is -2.60. The Kier molecular flexibility index (Phi) is 5.80. The van der Waals surface area contributed by atoms with Crippen molar-refractivity contribution in [2.75, 3.05) is 25.0 Å². The van der Waals surface area contributed by atoms with Crippen molar-refractivity contribution in [1.82, 2.24) is 24.9 Å². The van der Waals surface area contributed by atoms with E-state index in [0.717, 1.165) is 42.5 Å². The van der Waals surface area contributed by atoms with E-state index < -0.39 is 0 Å². The van der Waals surface area contributed by atoms with Gasteiger partial charge >= 0.3 is 0 Å². The highest BCUT2D eigenvalue weighted by Crippen LogP contribution is 2.52. The number of carbonyl (C=O) groups excluding carboxylic acids is 1. The number of benzene rings is 2. The van der Waals surface area contributed by atoms with Crippen molar-refractivity contribution in [1.29, 1.82) is 0 Å². The number of halogens is 1. The van der Waals surface area contributed by atoms with E-state index in [4.69, 9.17) is 4.74 Å². The molecule has 4 aliphatic heterocycles. The predicted molar refractivity (Wildman–Crippen MR) is 146 cm³/mol. The van der Waals surface area contributed by atoms with Crippen LogP contribution in [0.1, 0.15) is 37.3 Å². The molecule has 1 amide bonds. The topological polar surface area (TPSA) is 65.9 Å². The predicted octanol–water partition coefficient (Wildman–Crippen LogP) is 3.63. The number of fused-ring (bicyclic) bond motifs is 1. The maximum Gasteiger partial charge on any atom is 0.237 e. The van der Waals surface area contributed by atoms with Gasteiger partial charge in [-0.15, -0.1) is 0 Å². The van der Waals surface area contributed by atoms with Crippen LogP contribution in [0.15, 0.2) is 54.9 Å². The van der Waals surface area contributed by atoms with Gasteiger partial charge in [0, 0.05) is 50.7 Å². The number of amides is 1. The van der Waals surface area contributed by atoms with Crippen LogP contribution in [-0.4, -0.2) is 64.2 Å². The van der Waals surface area contributed by atoms with Gasteiger partial charge in [-0.25, -0.2) is 9.29 Å². The molecule has 1 aromatic heterocycles. The van der Waals surface area contributed by atoms with E-state index in [1.807, 2.05) is 29.0 Å². The molecule has 9 heteroatoms. The van der Waals surface area contributed by atoms with Gasteiger partial charge < -0.3 is 14.5 Å². The third kappa shape index (κ3) is 4.15. The molecular weight excluding hydrogens is 495 g/mol. The van der Waals surface area contributed by atoms with E-state index in [0.29, 0.717) is 19.0 Å². The molecule has 1 N–H and O–H groups in total. The number of nitrogens with zero attached hydrogens (tertiary/aromatic N) is 5. The summed E-state index contributed by atoms with van der Waals surface area (Å²) in [7, 11) is 4.06. The summed E-state index contributed by atoms with van der Waals surface area (Å²) in [5, 5.41) is 8.08. The molecule has 204 valence electrons. The fourth-order valence-corrected chi connectivity index (χ4v) is 6.62. The largest absolute Gasteiger partial charge is 0.374 e. The Balaban J connectivity index is 1.13. The number of hydrogen-bond acceptors (Lipinski definition) is 6. The van der Waals surface area contributed by atoms with E-state index in [2.05, 4.69) is 52.4 Å². The second kappa shape index (κ2) is 9.15. The molecule has 2 bridgehead atoms. The molecule has 0 radical (unpaired) electrons. The van der Waals surface area contributed by atoms with Crippen molar-refractivity contribution in [2.45, 2.75) is 56.9 Å². The van der Waals surface area contributed by atoms with E-state index in [-0.39, 0.29) is 35.9 Å². The normalized spacial score (nSPS) is 26.4. The fraction of sp³-hybridized carbons (Fsp3) is 0.467. The zero-order valence-corrected chi connectivity index (χ0v) is 22.7. The Labute approximate surface area is 228 Å². The minimum Gasteiger partial charge on any atom is -0.374 e. The first kappa shape index (κ1) is 24.7. The number of aryl methyl sites for hydroxylation is 1. The summed E-state index contributed by atoms with van der Waals surface area (Å²) < 4.78 is 21.6. The van der Waals surface area contributed by atoms with Crippen molar-refractivity contribution >= 4 is 11.6 Å². The van der Waals surface area contributed by atoms with Gasteiger partial charge in [0.1, 0.15) is 12.0 Å². The maximum absolute atomic E-state index is 13.8. The lowest BCUT2D eigenvalue weighted by Gasteiger charge is -2.46.